The Hall–Kier alpha value is -1.48. The Bertz CT molecular complexity index is 961. The van der Waals surface area contributed by atoms with E-state index in [2.05, 4.69) is 0 Å². The number of alkyl halides is 2. The average Bonchev–Trinajstić information content (AvgIpc) is 2.61. The SMILES string of the molecule is CC(C)(C)[Si](C)(C)OC[C@@H](O)[C@@H](O[Si](C)(C)C(C)(C)C)C(F)(F)C(=O)n1ccc(=O)[nH]c1=O. The van der Waals surface area contributed by atoms with Gasteiger partial charge in [0.15, 0.2) is 16.6 Å². The van der Waals surface area contributed by atoms with E-state index < -0.39 is 63.6 Å². The summed E-state index contributed by atoms with van der Waals surface area (Å²) in [5, 5.41) is 10.1. The number of carbonyl (C=O) groups excluding carboxylic acids is 1. The largest absolute Gasteiger partial charge is 0.414 e. The summed E-state index contributed by atoms with van der Waals surface area (Å²) in [5.74, 6) is -6.19. The van der Waals surface area contributed by atoms with Crippen molar-refractivity contribution >= 4 is 22.5 Å². The van der Waals surface area contributed by atoms with Crippen molar-refractivity contribution in [2.24, 2.45) is 0 Å². The van der Waals surface area contributed by atoms with E-state index in [1.54, 1.807) is 18.1 Å². The number of hydrogen-bond acceptors (Lipinski definition) is 6. The van der Waals surface area contributed by atoms with E-state index in [0.717, 1.165) is 6.07 Å². The minimum absolute atomic E-state index is 0.116. The normalized spacial score (nSPS) is 15.9. The summed E-state index contributed by atoms with van der Waals surface area (Å²) in [7, 11) is -5.31. The average molecular weight is 509 g/mol. The molecule has 0 bridgehead atoms. The monoisotopic (exact) mass is 508 g/mol. The number of aromatic nitrogens is 2. The Kier molecular flexibility index (Phi) is 8.64. The zero-order valence-corrected chi connectivity index (χ0v) is 23.2. The van der Waals surface area contributed by atoms with E-state index in [1.165, 1.54) is 0 Å². The molecule has 0 aliphatic carbocycles. The highest BCUT2D eigenvalue weighted by Gasteiger charge is 2.56. The van der Waals surface area contributed by atoms with Gasteiger partial charge in [-0.2, -0.15) is 8.78 Å². The van der Waals surface area contributed by atoms with Crippen LogP contribution in [0.25, 0.3) is 0 Å². The molecule has 1 heterocycles. The molecular formula is C21H38F2N2O6Si2. The van der Waals surface area contributed by atoms with Crippen LogP contribution >= 0.6 is 0 Å². The van der Waals surface area contributed by atoms with E-state index in [-0.39, 0.29) is 9.61 Å². The topological polar surface area (TPSA) is 111 Å². The summed E-state index contributed by atoms with van der Waals surface area (Å²) < 4.78 is 43.0. The van der Waals surface area contributed by atoms with Crippen LogP contribution in [0.15, 0.2) is 21.9 Å². The van der Waals surface area contributed by atoms with Gasteiger partial charge in [0.2, 0.25) is 0 Å². The summed E-state index contributed by atoms with van der Waals surface area (Å²) in [4.78, 5) is 37.7. The zero-order valence-electron chi connectivity index (χ0n) is 21.2. The Morgan fingerprint density at radius 1 is 1.06 bits per heavy atom. The lowest BCUT2D eigenvalue weighted by Crippen LogP contribution is -2.60. The predicted molar refractivity (Wildman–Crippen MR) is 128 cm³/mol. The third kappa shape index (κ3) is 6.78. The van der Waals surface area contributed by atoms with Gasteiger partial charge in [0.05, 0.1) is 6.61 Å². The maximum atomic E-state index is 15.6. The van der Waals surface area contributed by atoms with Gasteiger partial charge in [-0.3, -0.25) is 14.6 Å². The van der Waals surface area contributed by atoms with Crippen LogP contribution in [0, 0.1) is 0 Å². The molecule has 2 N–H and O–H groups in total. The van der Waals surface area contributed by atoms with Crippen LogP contribution in [0.1, 0.15) is 46.3 Å². The Balaban J connectivity index is 3.43. The third-order valence-corrected chi connectivity index (χ3v) is 15.6. The summed E-state index contributed by atoms with van der Waals surface area (Å²) in [6, 6.07) is 0.788. The molecule has 0 aliphatic rings. The molecule has 0 radical (unpaired) electrons. The first-order valence-corrected chi connectivity index (χ1v) is 16.6. The molecule has 1 rings (SSSR count). The molecule has 0 fully saturated rings. The summed E-state index contributed by atoms with van der Waals surface area (Å²) in [6.45, 7) is 18.2. The van der Waals surface area contributed by atoms with Crippen LogP contribution in [-0.2, 0) is 8.85 Å². The molecule has 0 amide bonds. The van der Waals surface area contributed by atoms with Crippen molar-refractivity contribution < 1.29 is 27.5 Å². The van der Waals surface area contributed by atoms with Gasteiger partial charge in [0, 0.05) is 12.3 Å². The molecule has 1 aromatic rings. The van der Waals surface area contributed by atoms with Crippen molar-refractivity contribution in [1.29, 1.82) is 0 Å². The van der Waals surface area contributed by atoms with Crippen molar-refractivity contribution in [2.75, 3.05) is 6.61 Å². The number of aliphatic hydroxyl groups is 1. The number of hydrogen-bond donors (Lipinski definition) is 2. The number of carbonyl (C=O) groups is 1. The fourth-order valence-corrected chi connectivity index (χ4v) is 4.66. The number of nitrogens with zero attached hydrogens (tertiary/aromatic N) is 1. The molecule has 0 aliphatic heterocycles. The van der Waals surface area contributed by atoms with Crippen LogP contribution < -0.4 is 11.2 Å². The maximum Gasteiger partial charge on any atom is 0.352 e. The van der Waals surface area contributed by atoms with E-state index in [1.807, 2.05) is 54.6 Å². The number of H-pyrrole nitrogens is 1. The highest BCUT2D eigenvalue weighted by molar-refractivity contribution is 6.74. The van der Waals surface area contributed by atoms with Crippen molar-refractivity contribution in [3.8, 4) is 0 Å². The molecule has 0 aromatic carbocycles. The van der Waals surface area contributed by atoms with Crippen molar-refractivity contribution in [2.45, 2.75) is 95.9 Å². The van der Waals surface area contributed by atoms with E-state index in [0.29, 0.717) is 6.20 Å². The van der Waals surface area contributed by atoms with Crippen LogP contribution in [0.2, 0.25) is 36.3 Å². The van der Waals surface area contributed by atoms with Gasteiger partial charge in [0.1, 0.15) is 12.2 Å². The van der Waals surface area contributed by atoms with Gasteiger partial charge < -0.3 is 14.0 Å². The van der Waals surface area contributed by atoms with Crippen molar-refractivity contribution in [1.82, 2.24) is 9.55 Å². The van der Waals surface area contributed by atoms with Gasteiger partial charge in [-0.15, -0.1) is 0 Å². The second kappa shape index (κ2) is 9.64. The molecule has 0 saturated carbocycles. The van der Waals surface area contributed by atoms with E-state index >= 15 is 8.78 Å². The second-order valence-corrected chi connectivity index (χ2v) is 20.9. The zero-order chi connectivity index (χ0) is 26.2. The quantitative estimate of drug-likeness (QED) is 0.519. The number of rotatable bonds is 8. The van der Waals surface area contributed by atoms with Gasteiger partial charge in [-0.25, -0.2) is 9.36 Å². The fourth-order valence-electron chi connectivity index (χ4n) is 2.35. The number of halogens is 2. The lowest BCUT2D eigenvalue weighted by atomic mass is 10.1. The Morgan fingerprint density at radius 3 is 1.97 bits per heavy atom. The molecule has 0 spiro atoms. The molecule has 1 aromatic heterocycles. The van der Waals surface area contributed by atoms with Gasteiger partial charge in [-0.05, 0) is 36.3 Å². The molecule has 12 heteroatoms. The molecule has 2 atom stereocenters. The molecule has 8 nitrogen and oxygen atoms in total. The first-order valence-electron chi connectivity index (χ1n) is 10.8. The van der Waals surface area contributed by atoms with Gasteiger partial charge in [0.25, 0.3) is 5.56 Å². The van der Waals surface area contributed by atoms with Gasteiger partial charge >= 0.3 is 17.5 Å². The lowest BCUT2D eigenvalue weighted by molar-refractivity contribution is -0.129. The summed E-state index contributed by atoms with van der Waals surface area (Å²) >= 11 is 0. The summed E-state index contributed by atoms with van der Waals surface area (Å²) in [6.07, 6.45) is -3.42. The molecule has 190 valence electrons. The van der Waals surface area contributed by atoms with Crippen LogP contribution in [0.4, 0.5) is 8.78 Å². The standard InChI is InChI=1S/C21H38F2N2O6Si2/c1-19(2,3)32(7,8)30-13-14(26)16(31-33(9,10)20(4,5)6)21(22,23)17(28)25-12-11-15(27)24-18(25)29/h11-12,14,16,26H,13H2,1-10H3,(H,24,27,29)/t14-,16-/m1/s1. The lowest BCUT2D eigenvalue weighted by Gasteiger charge is -2.43. The Morgan fingerprint density at radius 2 is 1.55 bits per heavy atom. The summed E-state index contributed by atoms with van der Waals surface area (Å²) in [5.41, 5.74) is -2.13. The Labute approximate surface area is 195 Å². The fraction of sp³-hybridized carbons (Fsp3) is 0.762. The maximum absolute atomic E-state index is 15.6. The number of aliphatic hydroxyl groups excluding tert-OH is 1. The van der Waals surface area contributed by atoms with Crippen LogP contribution in [0.3, 0.4) is 0 Å². The number of nitrogens with one attached hydrogen (secondary N) is 1. The highest BCUT2D eigenvalue weighted by atomic mass is 28.4. The van der Waals surface area contributed by atoms with E-state index in [4.69, 9.17) is 8.85 Å². The minimum atomic E-state index is -4.28. The van der Waals surface area contributed by atoms with Gasteiger partial charge in [-0.1, -0.05) is 41.5 Å². The third-order valence-electron chi connectivity index (χ3n) is 6.68. The van der Waals surface area contributed by atoms with Crippen LogP contribution in [-0.4, -0.2) is 61.9 Å². The first kappa shape index (κ1) is 29.6. The smallest absolute Gasteiger partial charge is 0.352 e. The minimum Gasteiger partial charge on any atom is -0.414 e. The van der Waals surface area contributed by atoms with Crippen LogP contribution in [0.5, 0.6) is 0 Å². The highest BCUT2D eigenvalue weighted by Crippen LogP contribution is 2.41. The second-order valence-electron chi connectivity index (χ2n) is 11.3. The molecule has 0 saturated heterocycles. The van der Waals surface area contributed by atoms with Crippen molar-refractivity contribution in [3.63, 3.8) is 0 Å². The van der Waals surface area contributed by atoms with Crippen molar-refractivity contribution in [3.05, 3.63) is 33.1 Å². The van der Waals surface area contributed by atoms with E-state index in [9.17, 15) is 19.5 Å². The molecule has 0 unspecified atom stereocenters. The number of aromatic amines is 1. The predicted octanol–water partition coefficient (Wildman–Crippen LogP) is 3.59. The first-order chi connectivity index (χ1) is 14.5. The molecule has 33 heavy (non-hydrogen) atoms. The molecular weight excluding hydrogens is 470 g/mol.